The van der Waals surface area contributed by atoms with Crippen LogP contribution in [0.25, 0.3) is 16.7 Å². The van der Waals surface area contributed by atoms with Crippen LogP contribution < -0.4 is 14.8 Å². The first-order valence-corrected chi connectivity index (χ1v) is 9.68. The molecule has 0 saturated heterocycles. The van der Waals surface area contributed by atoms with Crippen molar-refractivity contribution in [2.75, 3.05) is 19.0 Å². The fourth-order valence-electron chi connectivity index (χ4n) is 3.62. The molecule has 0 spiro atoms. The van der Waals surface area contributed by atoms with Crippen molar-refractivity contribution in [2.45, 2.75) is 20.0 Å². The van der Waals surface area contributed by atoms with E-state index >= 15 is 0 Å². The Kier molecular flexibility index (Phi) is 5.58. The number of hydrogen-bond acceptors (Lipinski definition) is 5. The lowest BCUT2D eigenvalue weighted by Crippen LogP contribution is -2.10. The van der Waals surface area contributed by atoms with Crippen molar-refractivity contribution < 1.29 is 18.3 Å². The summed E-state index contributed by atoms with van der Waals surface area (Å²) in [4.78, 5) is 4.63. The number of benzene rings is 2. The molecule has 6 nitrogen and oxygen atoms in total. The molecule has 0 unspecified atom stereocenters. The van der Waals surface area contributed by atoms with E-state index < -0.39 is 6.61 Å². The number of nitrogens with one attached hydrogen (secondary N) is 1. The molecule has 4 aromatic rings. The topological polar surface area (TPSA) is 71.6 Å². The van der Waals surface area contributed by atoms with E-state index in [9.17, 15) is 14.0 Å². The van der Waals surface area contributed by atoms with E-state index in [0.717, 1.165) is 28.0 Å². The SMILES string of the molecule is COc1ccc(CCNc2cc(C)c(C#N)c3nc4ccccc4n23)cc1OC(F)F. The van der Waals surface area contributed by atoms with Crippen LogP contribution in [0.5, 0.6) is 11.5 Å². The van der Waals surface area contributed by atoms with Gasteiger partial charge in [-0.05, 0) is 54.8 Å². The van der Waals surface area contributed by atoms with E-state index in [0.29, 0.717) is 24.2 Å². The summed E-state index contributed by atoms with van der Waals surface area (Å²) in [7, 11) is 1.41. The molecule has 1 N–H and O–H groups in total. The van der Waals surface area contributed by atoms with Crippen molar-refractivity contribution in [1.29, 1.82) is 5.26 Å². The smallest absolute Gasteiger partial charge is 0.387 e. The van der Waals surface area contributed by atoms with Gasteiger partial charge in [-0.1, -0.05) is 18.2 Å². The van der Waals surface area contributed by atoms with Crippen LogP contribution in [0.15, 0.2) is 48.5 Å². The molecule has 0 saturated carbocycles. The molecule has 0 radical (unpaired) electrons. The molecule has 2 aromatic heterocycles. The van der Waals surface area contributed by atoms with Gasteiger partial charge < -0.3 is 14.8 Å². The van der Waals surface area contributed by atoms with Crippen LogP contribution in [0.3, 0.4) is 0 Å². The molecule has 0 aliphatic heterocycles. The molecule has 31 heavy (non-hydrogen) atoms. The average molecular weight is 422 g/mol. The van der Waals surface area contributed by atoms with Gasteiger partial charge in [0.1, 0.15) is 11.9 Å². The number of nitriles is 1. The second kappa shape index (κ2) is 8.48. The normalized spacial score (nSPS) is 11.1. The van der Waals surface area contributed by atoms with Crippen molar-refractivity contribution in [1.82, 2.24) is 9.38 Å². The van der Waals surface area contributed by atoms with E-state index in [1.807, 2.05) is 47.7 Å². The van der Waals surface area contributed by atoms with Gasteiger partial charge in [-0.3, -0.25) is 4.40 Å². The van der Waals surface area contributed by atoms with E-state index in [-0.39, 0.29) is 11.5 Å². The van der Waals surface area contributed by atoms with Crippen LogP contribution in [0.2, 0.25) is 0 Å². The molecule has 0 bridgehead atoms. The number of nitrogens with zero attached hydrogens (tertiary/aromatic N) is 3. The zero-order valence-corrected chi connectivity index (χ0v) is 17.0. The summed E-state index contributed by atoms with van der Waals surface area (Å²) in [6.07, 6.45) is 0.566. The Morgan fingerprint density at radius 3 is 2.71 bits per heavy atom. The number of para-hydroxylation sites is 2. The molecular formula is C23H20F2N4O2. The Morgan fingerprint density at radius 1 is 1.16 bits per heavy atom. The average Bonchev–Trinajstić information content (AvgIpc) is 3.13. The van der Waals surface area contributed by atoms with E-state index in [2.05, 4.69) is 21.1 Å². The molecule has 0 fully saturated rings. The summed E-state index contributed by atoms with van der Waals surface area (Å²) in [5, 5.41) is 13.0. The van der Waals surface area contributed by atoms with Crippen molar-refractivity contribution in [3.8, 4) is 17.6 Å². The van der Waals surface area contributed by atoms with E-state index in [1.165, 1.54) is 7.11 Å². The lowest BCUT2D eigenvalue weighted by atomic mass is 10.1. The Bertz CT molecular complexity index is 1290. The first kappa shape index (κ1) is 20.4. The standard InChI is InChI=1S/C23H20F2N4O2/c1-14-11-21(29-18-6-4-3-5-17(18)28-22(29)16(14)13-26)27-10-9-15-7-8-19(30-2)20(12-15)31-23(24)25/h3-8,11-12,23,27H,9-10H2,1-2H3. The summed E-state index contributed by atoms with van der Waals surface area (Å²) in [6, 6.07) is 16.8. The Labute approximate surface area is 177 Å². The fourth-order valence-corrected chi connectivity index (χ4v) is 3.62. The molecule has 0 aliphatic rings. The van der Waals surface area contributed by atoms with E-state index in [4.69, 9.17) is 4.74 Å². The maximum atomic E-state index is 12.7. The number of fused-ring (bicyclic) bond motifs is 3. The van der Waals surface area contributed by atoms with Gasteiger partial charge in [0.15, 0.2) is 17.1 Å². The van der Waals surface area contributed by atoms with Crippen LogP contribution in [0, 0.1) is 18.3 Å². The molecule has 2 heterocycles. The first-order valence-electron chi connectivity index (χ1n) is 9.68. The third-order valence-corrected chi connectivity index (χ3v) is 5.05. The highest BCUT2D eigenvalue weighted by atomic mass is 19.3. The number of anilines is 1. The number of rotatable bonds is 7. The van der Waals surface area contributed by atoms with Gasteiger partial charge in [-0.2, -0.15) is 14.0 Å². The quantitative estimate of drug-likeness (QED) is 0.457. The van der Waals surface area contributed by atoms with Crippen LogP contribution in [0.1, 0.15) is 16.7 Å². The number of ether oxygens (including phenoxy) is 2. The van der Waals surface area contributed by atoms with Gasteiger partial charge in [0.2, 0.25) is 0 Å². The minimum Gasteiger partial charge on any atom is -0.493 e. The molecule has 0 atom stereocenters. The summed E-state index contributed by atoms with van der Waals surface area (Å²) >= 11 is 0. The highest BCUT2D eigenvalue weighted by Crippen LogP contribution is 2.30. The number of pyridine rings is 1. The lowest BCUT2D eigenvalue weighted by molar-refractivity contribution is -0.0512. The van der Waals surface area contributed by atoms with Crippen LogP contribution in [-0.4, -0.2) is 29.7 Å². The van der Waals surface area contributed by atoms with E-state index in [1.54, 1.807) is 12.1 Å². The summed E-state index contributed by atoms with van der Waals surface area (Å²) in [5.74, 6) is 1.07. The molecule has 2 aromatic carbocycles. The molecule has 0 amide bonds. The predicted octanol–water partition coefficient (Wildman–Crippen LogP) is 4.93. The highest BCUT2D eigenvalue weighted by molar-refractivity contribution is 5.85. The summed E-state index contributed by atoms with van der Waals surface area (Å²) < 4.78 is 36.9. The second-order valence-electron chi connectivity index (χ2n) is 7.00. The number of hydrogen-bond donors (Lipinski definition) is 1. The number of alkyl halides is 2. The minimum absolute atomic E-state index is 0.00668. The first-order chi connectivity index (χ1) is 15.0. The molecule has 0 aliphatic carbocycles. The van der Waals surface area contributed by atoms with Gasteiger partial charge >= 0.3 is 6.61 Å². The number of aromatic nitrogens is 2. The van der Waals surface area contributed by atoms with Crippen LogP contribution in [0.4, 0.5) is 14.6 Å². The van der Waals surface area contributed by atoms with Crippen LogP contribution >= 0.6 is 0 Å². The van der Waals surface area contributed by atoms with Crippen molar-refractivity contribution >= 4 is 22.5 Å². The highest BCUT2D eigenvalue weighted by Gasteiger charge is 2.15. The number of imidazole rings is 1. The fraction of sp³-hybridized carbons (Fsp3) is 0.217. The maximum Gasteiger partial charge on any atom is 0.387 e. The Morgan fingerprint density at radius 2 is 1.97 bits per heavy atom. The number of methoxy groups -OCH3 is 1. The Hall–Kier alpha value is -3.86. The number of halogens is 2. The molecule has 8 heteroatoms. The summed E-state index contributed by atoms with van der Waals surface area (Å²) in [6.45, 7) is -0.514. The van der Waals surface area contributed by atoms with Crippen molar-refractivity contribution in [3.63, 3.8) is 0 Å². The number of aryl methyl sites for hydroxylation is 1. The van der Waals surface area contributed by atoms with Gasteiger partial charge in [0.05, 0.1) is 23.7 Å². The van der Waals surface area contributed by atoms with Gasteiger partial charge in [0, 0.05) is 6.54 Å². The van der Waals surface area contributed by atoms with Crippen molar-refractivity contribution in [3.05, 3.63) is 65.2 Å². The minimum atomic E-state index is -2.92. The predicted molar refractivity (Wildman–Crippen MR) is 114 cm³/mol. The molecular weight excluding hydrogens is 402 g/mol. The van der Waals surface area contributed by atoms with Crippen molar-refractivity contribution in [2.24, 2.45) is 0 Å². The van der Waals surface area contributed by atoms with Crippen LogP contribution in [-0.2, 0) is 6.42 Å². The third-order valence-electron chi connectivity index (χ3n) is 5.05. The Balaban J connectivity index is 1.62. The zero-order chi connectivity index (χ0) is 22.0. The van der Waals surface area contributed by atoms with Gasteiger partial charge in [-0.25, -0.2) is 4.98 Å². The third kappa shape index (κ3) is 3.94. The summed E-state index contributed by atoms with van der Waals surface area (Å²) in [5.41, 5.74) is 4.48. The second-order valence-corrected chi connectivity index (χ2v) is 7.00. The lowest BCUT2D eigenvalue weighted by Gasteiger charge is -2.14. The monoisotopic (exact) mass is 422 g/mol. The maximum absolute atomic E-state index is 12.7. The molecule has 158 valence electrons. The molecule has 4 rings (SSSR count). The largest absolute Gasteiger partial charge is 0.493 e. The van der Waals surface area contributed by atoms with Gasteiger partial charge in [0.25, 0.3) is 0 Å². The van der Waals surface area contributed by atoms with Gasteiger partial charge in [-0.15, -0.1) is 0 Å². The zero-order valence-electron chi connectivity index (χ0n) is 17.0.